The molecule has 0 radical (unpaired) electrons. The first kappa shape index (κ1) is 17.4. The number of hydrogen-bond donors (Lipinski definition) is 0. The first-order chi connectivity index (χ1) is 11.8. The highest BCUT2D eigenvalue weighted by molar-refractivity contribution is 4.93. The fraction of sp³-hybridized carbons (Fsp3) is 1.00. The minimum Gasteiger partial charge on any atom is -0.0620 e. The average Bonchev–Trinajstić information content (AvgIpc) is 2.66. The Labute approximate surface area is 151 Å². The van der Waals surface area contributed by atoms with Crippen LogP contribution in [0.25, 0.3) is 0 Å². The molecule has 0 heteroatoms. The lowest BCUT2D eigenvalue weighted by molar-refractivity contribution is 0.000640. The van der Waals surface area contributed by atoms with Crippen molar-refractivity contribution in [3.05, 3.63) is 0 Å². The highest BCUT2D eigenvalue weighted by atomic mass is 14.5. The van der Waals surface area contributed by atoms with E-state index >= 15 is 0 Å². The molecule has 0 heterocycles. The molecular formula is C24H42. The van der Waals surface area contributed by atoms with Crippen LogP contribution in [0.1, 0.15) is 104 Å². The molecule has 0 amide bonds. The molecule has 8 atom stereocenters. The van der Waals surface area contributed by atoms with Crippen molar-refractivity contribution >= 4 is 0 Å². The summed E-state index contributed by atoms with van der Waals surface area (Å²) in [5, 5.41) is 0. The van der Waals surface area contributed by atoms with E-state index in [9.17, 15) is 0 Å². The van der Waals surface area contributed by atoms with Gasteiger partial charge in [-0.25, -0.2) is 0 Å². The molecular weight excluding hydrogens is 288 g/mol. The monoisotopic (exact) mass is 330 g/mol. The molecule has 4 aliphatic carbocycles. The molecule has 0 N–H and O–H groups in total. The van der Waals surface area contributed by atoms with Crippen molar-refractivity contribution in [3.63, 3.8) is 0 Å². The first-order valence-corrected chi connectivity index (χ1v) is 11.8. The van der Waals surface area contributed by atoms with Gasteiger partial charge in [0.05, 0.1) is 0 Å². The highest BCUT2D eigenvalue weighted by Gasteiger charge is 2.43. The van der Waals surface area contributed by atoms with Gasteiger partial charge >= 0.3 is 0 Å². The topological polar surface area (TPSA) is 0 Å². The van der Waals surface area contributed by atoms with Crippen molar-refractivity contribution in [2.75, 3.05) is 0 Å². The molecule has 4 rings (SSSR count). The summed E-state index contributed by atoms with van der Waals surface area (Å²) in [6.07, 6.45) is 21.8. The Hall–Kier alpha value is 0. The van der Waals surface area contributed by atoms with Gasteiger partial charge in [-0.05, 0) is 73.0 Å². The van der Waals surface area contributed by atoms with Gasteiger partial charge in [0.2, 0.25) is 0 Å². The zero-order valence-electron chi connectivity index (χ0n) is 16.5. The van der Waals surface area contributed by atoms with Crippen LogP contribution < -0.4 is 0 Å². The van der Waals surface area contributed by atoms with Crippen LogP contribution >= 0.6 is 0 Å². The van der Waals surface area contributed by atoms with Crippen molar-refractivity contribution < 1.29 is 0 Å². The fourth-order valence-corrected chi connectivity index (χ4v) is 8.06. The Balaban J connectivity index is 1.45. The van der Waals surface area contributed by atoms with E-state index in [2.05, 4.69) is 13.8 Å². The lowest BCUT2D eigenvalue weighted by atomic mass is 9.56. The quantitative estimate of drug-likeness (QED) is 0.503. The second-order valence-electron chi connectivity index (χ2n) is 10.3. The molecule has 0 saturated heterocycles. The predicted molar refractivity (Wildman–Crippen MR) is 104 cm³/mol. The molecule has 4 fully saturated rings. The van der Waals surface area contributed by atoms with E-state index in [1.165, 1.54) is 25.7 Å². The van der Waals surface area contributed by atoms with Gasteiger partial charge in [-0.3, -0.25) is 0 Å². The molecule has 0 aromatic heterocycles. The van der Waals surface area contributed by atoms with Crippen molar-refractivity contribution in [3.8, 4) is 0 Å². The fourth-order valence-electron chi connectivity index (χ4n) is 8.06. The summed E-state index contributed by atoms with van der Waals surface area (Å²) in [5.41, 5.74) is 0. The Kier molecular flexibility index (Phi) is 5.59. The lowest BCUT2D eigenvalue weighted by Gasteiger charge is -2.50. The SMILES string of the molecule is CC(C(C)C1CCCC2CCCCC21)C1CCCC2CCCCC21. The predicted octanol–water partition coefficient (Wildman–Crippen LogP) is 7.47. The van der Waals surface area contributed by atoms with Crippen molar-refractivity contribution in [1.29, 1.82) is 0 Å². The summed E-state index contributed by atoms with van der Waals surface area (Å²) in [6, 6.07) is 0. The molecule has 24 heavy (non-hydrogen) atoms. The summed E-state index contributed by atoms with van der Waals surface area (Å²) in [5.74, 6) is 8.56. The number of fused-ring (bicyclic) bond motifs is 2. The van der Waals surface area contributed by atoms with E-state index in [4.69, 9.17) is 0 Å². The van der Waals surface area contributed by atoms with Crippen LogP contribution in [0.4, 0.5) is 0 Å². The van der Waals surface area contributed by atoms with E-state index in [1.54, 1.807) is 64.2 Å². The molecule has 0 spiro atoms. The van der Waals surface area contributed by atoms with Gasteiger partial charge in [0.1, 0.15) is 0 Å². The van der Waals surface area contributed by atoms with E-state index in [1.807, 2.05) is 0 Å². The third kappa shape index (κ3) is 3.33. The smallest absolute Gasteiger partial charge is 0.0355 e. The van der Waals surface area contributed by atoms with Crippen LogP contribution in [0.2, 0.25) is 0 Å². The Morgan fingerprint density at radius 2 is 0.833 bits per heavy atom. The number of rotatable bonds is 3. The van der Waals surface area contributed by atoms with E-state index in [-0.39, 0.29) is 0 Å². The van der Waals surface area contributed by atoms with Crippen LogP contribution in [0.5, 0.6) is 0 Å². The van der Waals surface area contributed by atoms with Gasteiger partial charge in [-0.1, -0.05) is 78.1 Å². The summed E-state index contributed by atoms with van der Waals surface area (Å²) in [4.78, 5) is 0. The van der Waals surface area contributed by atoms with Crippen LogP contribution in [0.15, 0.2) is 0 Å². The lowest BCUT2D eigenvalue weighted by Crippen LogP contribution is -2.41. The molecule has 138 valence electrons. The third-order valence-electron chi connectivity index (χ3n) is 9.44. The zero-order chi connectivity index (χ0) is 16.5. The molecule has 4 aliphatic rings. The first-order valence-electron chi connectivity index (χ1n) is 11.8. The standard InChI is InChI=1S/C24H42/c1-17(21-15-7-11-19-9-3-5-13-23(19)21)18(2)22-16-8-12-20-10-4-6-14-24(20)22/h17-24H,3-16H2,1-2H3. The van der Waals surface area contributed by atoms with Gasteiger partial charge in [0.15, 0.2) is 0 Å². The Morgan fingerprint density at radius 1 is 0.458 bits per heavy atom. The molecule has 0 bridgehead atoms. The second kappa shape index (κ2) is 7.71. The van der Waals surface area contributed by atoms with Crippen LogP contribution in [0, 0.1) is 47.3 Å². The van der Waals surface area contributed by atoms with Gasteiger partial charge in [-0.15, -0.1) is 0 Å². The molecule has 4 saturated carbocycles. The van der Waals surface area contributed by atoms with Crippen molar-refractivity contribution in [2.24, 2.45) is 47.3 Å². The molecule has 8 unspecified atom stereocenters. The normalized spacial score (nSPS) is 45.8. The minimum atomic E-state index is 0.988. The Bertz CT molecular complexity index is 357. The largest absolute Gasteiger partial charge is 0.0620 e. The third-order valence-corrected chi connectivity index (χ3v) is 9.44. The summed E-state index contributed by atoms with van der Waals surface area (Å²) < 4.78 is 0. The number of hydrogen-bond acceptors (Lipinski definition) is 0. The molecule has 0 aromatic rings. The Morgan fingerprint density at radius 3 is 1.29 bits per heavy atom. The maximum absolute atomic E-state index is 2.68. The van der Waals surface area contributed by atoms with E-state index in [0.717, 1.165) is 47.3 Å². The zero-order valence-corrected chi connectivity index (χ0v) is 16.5. The van der Waals surface area contributed by atoms with Gasteiger partial charge in [-0.2, -0.15) is 0 Å². The second-order valence-corrected chi connectivity index (χ2v) is 10.3. The van der Waals surface area contributed by atoms with Gasteiger partial charge in [0, 0.05) is 0 Å². The van der Waals surface area contributed by atoms with Crippen LogP contribution in [-0.2, 0) is 0 Å². The minimum absolute atomic E-state index is 0.988. The summed E-state index contributed by atoms with van der Waals surface area (Å²) in [7, 11) is 0. The maximum atomic E-state index is 2.68. The highest BCUT2D eigenvalue weighted by Crippen LogP contribution is 2.52. The van der Waals surface area contributed by atoms with Crippen molar-refractivity contribution in [2.45, 2.75) is 104 Å². The molecule has 0 aromatic carbocycles. The molecule has 0 nitrogen and oxygen atoms in total. The average molecular weight is 331 g/mol. The maximum Gasteiger partial charge on any atom is -0.0355 e. The van der Waals surface area contributed by atoms with Crippen LogP contribution in [-0.4, -0.2) is 0 Å². The van der Waals surface area contributed by atoms with Gasteiger partial charge < -0.3 is 0 Å². The summed E-state index contributed by atoms with van der Waals surface area (Å²) >= 11 is 0. The summed E-state index contributed by atoms with van der Waals surface area (Å²) in [6.45, 7) is 5.36. The molecule has 0 aliphatic heterocycles. The van der Waals surface area contributed by atoms with E-state index < -0.39 is 0 Å². The van der Waals surface area contributed by atoms with E-state index in [0.29, 0.717) is 0 Å². The van der Waals surface area contributed by atoms with Crippen molar-refractivity contribution in [1.82, 2.24) is 0 Å². The van der Waals surface area contributed by atoms with Crippen LogP contribution in [0.3, 0.4) is 0 Å². The van der Waals surface area contributed by atoms with Gasteiger partial charge in [0.25, 0.3) is 0 Å².